The maximum absolute atomic E-state index is 12.4. The van der Waals surface area contributed by atoms with E-state index in [9.17, 15) is 9.90 Å². The molecule has 0 unspecified atom stereocenters. The summed E-state index contributed by atoms with van der Waals surface area (Å²) < 4.78 is 0. The third kappa shape index (κ3) is 5.14. The van der Waals surface area contributed by atoms with E-state index >= 15 is 0 Å². The van der Waals surface area contributed by atoms with Crippen molar-refractivity contribution in [2.24, 2.45) is 0 Å². The summed E-state index contributed by atoms with van der Waals surface area (Å²) in [6, 6.07) is 12.2. The lowest BCUT2D eigenvalue weighted by Gasteiger charge is -2.35. The zero-order valence-electron chi connectivity index (χ0n) is 14.6. The van der Waals surface area contributed by atoms with Gasteiger partial charge in [0.25, 0.3) is 0 Å². The molecule has 134 valence electrons. The van der Waals surface area contributed by atoms with Gasteiger partial charge in [-0.25, -0.2) is 0 Å². The summed E-state index contributed by atoms with van der Waals surface area (Å²) in [5.41, 5.74) is 2.18. The summed E-state index contributed by atoms with van der Waals surface area (Å²) in [4.78, 5) is 18.1. The van der Waals surface area contributed by atoms with Crippen LogP contribution in [0.2, 0.25) is 0 Å². The molecule has 1 fully saturated rings. The van der Waals surface area contributed by atoms with Crippen molar-refractivity contribution in [3.05, 3.63) is 57.8 Å². The van der Waals surface area contributed by atoms with E-state index in [-0.39, 0.29) is 12.5 Å². The van der Waals surface area contributed by atoms with Crippen molar-refractivity contribution in [2.75, 3.05) is 26.2 Å². The summed E-state index contributed by atoms with van der Waals surface area (Å²) in [6.07, 6.45) is 2.58. The first-order valence-electron chi connectivity index (χ1n) is 8.96. The predicted octanol–water partition coefficient (Wildman–Crippen LogP) is 2.91. The number of aryl methyl sites for hydroxylation is 1. The Morgan fingerprint density at radius 1 is 1.04 bits per heavy atom. The number of thiophene rings is 1. The molecule has 1 saturated heterocycles. The lowest BCUT2D eigenvalue weighted by molar-refractivity contribution is -0.133. The van der Waals surface area contributed by atoms with Gasteiger partial charge >= 0.3 is 0 Å². The minimum absolute atomic E-state index is 0.0822. The highest BCUT2D eigenvalue weighted by atomic mass is 32.1. The van der Waals surface area contributed by atoms with Gasteiger partial charge in [-0.2, -0.15) is 0 Å². The highest BCUT2D eigenvalue weighted by Gasteiger charge is 2.21. The van der Waals surface area contributed by atoms with Gasteiger partial charge in [0, 0.05) is 44.0 Å². The van der Waals surface area contributed by atoms with Gasteiger partial charge in [-0.3, -0.25) is 9.69 Å². The molecular weight excluding hydrogens is 332 g/mol. The molecule has 1 aromatic carbocycles. The Labute approximate surface area is 153 Å². The number of amides is 1. The zero-order valence-corrected chi connectivity index (χ0v) is 15.4. The fourth-order valence-corrected chi connectivity index (χ4v) is 4.04. The van der Waals surface area contributed by atoms with Crippen molar-refractivity contribution >= 4 is 17.2 Å². The Hall–Kier alpha value is -1.69. The van der Waals surface area contributed by atoms with Crippen molar-refractivity contribution in [3.63, 3.8) is 0 Å². The fraction of sp³-hybridized carbons (Fsp3) is 0.450. The second kappa shape index (κ2) is 9.13. The van der Waals surface area contributed by atoms with Gasteiger partial charge < -0.3 is 10.0 Å². The number of hydrogen-bond acceptors (Lipinski definition) is 4. The first-order chi connectivity index (χ1) is 12.3. The highest BCUT2D eigenvalue weighted by Crippen LogP contribution is 2.15. The third-order valence-electron chi connectivity index (χ3n) is 4.80. The van der Waals surface area contributed by atoms with Gasteiger partial charge in [0.15, 0.2) is 0 Å². The molecule has 0 radical (unpaired) electrons. The van der Waals surface area contributed by atoms with Crippen LogP contribution in [0.5, 0.6) is 0 Å². The van der Waals surface area contributed by atoms with Crippen LogP contribution >= 0.6 is 11.3 Å². The average Bonchev–Trinajstić information content (AvgIpc) is 3.16. The molecule has 4 nitrogen and oxygen atoms in total. The zero-order chi connectivity index (χ0) is 17.5. The Bertz CT molecular complexity index is 664. The minimum atomic E-state index is 0.0822. The fourth-order valence-electron chi connectivity index (χ4n) is 3.29. The van der Waals surface area contributed by atoms with Crippen LogP contribution in [0.3, 0.4) is 0 Å². The topological polar surface area (TPSA) is 43.8 Å². The number of benzene rings is 1. The number of nitrogens with zero attached hydrogens (tertiary/aromatic N) is 2. The van der Waals surface area contributed by atoms with Crippen LogP contribution in [0.15, 0.2) is 41.8 Å². The quantitative estimate of drug-likeness (QED) is 0.828. The lowest BCUT2D eigenvalue weighted by Crippen LogP contribution is -2.48. The molecule has 0 aliphatic carbocycles. The van der Waals surface area contributed by atoms with E-state index in [4.69, 9.17) is 0 Å². The van der Waals surface area contributed by atoms with Crippen LogP contribution in [0.1, 0.15) is 28.8 Å². The van der Waals surface area contributed by atoms with E-state index in [0.29, 0.717) is 6.42 Å². The van der Waals surface area contributed by atoms with Gasteiger partial charge in [0.05, 0.1) is 6.61 Å². The molecular formula is C20H26N2O2S. The molecule has 0 bridgehead atoms. The SMILES string of the molecule is O=C(CCCc1cccs1)N1CCN(Cc2ccccc2CO)CC1. The van der Waals surface area contributed by atoms with Crippen LogP contribution in [-0.2, 0) is 24.4 Å². The average molecular weight is 359 g/mol. The smallest absolute Gasteiger partial charge is 0.222 e. The Kier molecular flexibility index (Phi) is 6.62. The summed E-state index contributed by atoms with van der Waals surface area (Å²) in [5, 5.41) is 11.5. The number of aliphatic hydroxyl groups is 1. The normalized spacial score (nSPS) is 15.5. The number of piperazine rings is 1. The molecule has 5 heteroatoms. The van der Waals surface area contributed by atoms with E-state index in [1.807, 2.05) is 23.1 Å². The van der Waals surface area contributed by atoms with Crippen LogP contribution < -0.4 is 0 Å². The van der Waals surface area contributed by atoms with Crippen LogP contribution in [0.25, 0.3) is 0 Å². The molecule has 0 saturated carbocycles. The Morgan fingerprint density at radius 2 is 1.80 bits per heavy atom. The maximum Gasteiger partial charge on any atom is 0.222 e. The van der Waals surface area contributed by atoms with Crippen LogP contribution in [0, 0.1) is 0 Å². The van der Waals surface area contributed by atoms with E-state index in [2.05, 4.69) is 28.5 Å². The summed E-state index contributed by atoms with van der Waals surface area (Å²) in [6.45, 7) is 4.33. The van der Waals surface area contributed by atoms with Crippen molar-refractivity contribution in [3.8, 4) is 0 Å². The number of carbonyl (C=O) groups is 1. The maximum atomic E-state index is 12.4. The number of carbonyl (C=O) groups excluding carboxylic acids is 1. The molecule has 2 aromatic rings. The molecule has 1 N–H and O–H groups in total. The molecule has 0 spiro atoms. The largest absolute Gasteiger partial charge is 0.392 e. The molecule has 1 aromatic heterocycles. The monoisotopic (exact) mass is 358 g/mol. The highest BCUT2D eigenvalue weighted by molar-refractivity contribution is 7.09. The Balaban J connectivity index is 1.41. The summed E-state index contributed by atoms with van der Waals surface area (Å²) >= 11 is 1.76. The second-order valence-corrected chi connectivity index (χ2v) is 7.55. The van der Waals surface area contributed by atoms with Gasteiger partial charge in [-0.05, 0) is 35.4 Å². The van der Waals surface area contributed by atoms with Crippen molar-refractivity contribution in [1.29, 1.82) is 0 Å². The molecule has 25 heavy (non-hydrogen) atoms. The minimum Gasteiger partial charge on any atom is -0.392 e. The molecule has 0 atom stereocenters. The molecule has 1 aliphatic rings. The molecule has 2 heterocycles. The van der Waals surface area contributed by atoms with Gasteiger partial charge in [-0.1, -0.05) is 30.3 Å². The molecule has 1 amide bonds. The van der Waals surface area contributed by atoms with Crippen molar-refractivity contribution < 1.29 is 9.90 Å². The second-order valence-electron chi connectivity index (χ2n) is 6.52. The number of aliphatic hydroxyl groups excluding tert-OH is 1. The summed E-state index contributed by atoms with van der Waals surface area (Å²) in [7, 11) is 0. The van der Waals surface area contributed by atoms with Gasteiger partial charge in [0.2, 0.25) is 5.91 Å². The standard InChI is InChI=1S/C20H26N2O2S/c23-16-18-6-2-1-5-17(18)15-21-10-12-22(13-11-21)20(24)9-3-7-19-8-4-14-25-19/h1-2,4-6,8,14,23H,3,7,9-13,15-16H2. The first-order valence-corrected chi connectivity index (χ1v) is 9.84. The van der Waals surface area contributed by atoms with Gasteiger partial charge in [0.1, 0.15) is 0 Å². The van der Waals surface area contributed by atoms with E-state index in [1.165, 1.54) is 10.4 Å². The van der Waals surface area contributed by atoms with E-state index in [1.54, 1.807) is 11.3 Å². The summed E-state index contributed by atoms with van der Waals surface area (Å²) in [5.74, 6) is 0.284. The lowest BCUT2D eigenvalue weighted by atomic mass is 10.1. The van der Waals surface area contributed by atoms with Crippen LogP contribution in [-0.4, -0.2) is 47.0 Å². The third-order valence-corrected chi connectivity index (χ3v) is 5.74. The number of hydrogen-bond donors (Lipinski definition) is 1. The Morgan fingerprint density at radius 3 is 2.48 bits per heavy atom. The van der Waals surface area contributed by atoms with Crippen molar-refractivity contribution in [2.45, 2.75) is 32.4 Å². The predicted molar refractivity (Wildman–Crippen MR) is 101 cm³/mol. The van der Waals surface area contributed by atoms with Gasteiger partial charge in [-0.15, -0.1) is 11.3 Å². The number of rotatable bonds is 7. The molecule has 1 aliphatic heterocycles. The van der Waals surface area contributed by atoms with E-state index < -0.39 is 0 Å². The van der Waals surface area contributed by atoms with Crippen molar-refractivity contribution in [1.82, 2.24) is 9.80 Å². The first kappa shape index (κ1) is 18.1. The molecule has 3 rings (SSSR count). The van der Waals surface area contributed by atoms with Crippen LogP contribution in [0.4, 0.5) is 0 Å². The van der Waals surface area contributed by atoms with E-state index in [0.717, 1.165) is 51.1 Å².